The van der Waals surface area contributed by atoms with Crippen LogP contribution in [-0.4, -0.2) is 17.3 Å². The van der Waals surface area contributed by atoms with Gasteiger partial charge >= 0.3 is 0 Å². The molecule has 0 heterocycles. The molecule has 0 aromatic rings. The van der Waals surface area contributed by atoms with Crippen molar-refractivity contribution >= 4 is 17.3 Å². The Labute approximate surface area is 144 Å². The predicted molar refractivity (Wildman–Crippen MR) is 91.3 cm³/mol. The van der Waals surface area contributed by atoms with Crippen molar-refractivity contribution in [3.8, 4) is 0 Å². The summed E-state index contributed by atoms with van der Waals surface area (Å²) in [6.45, 7) is 6.36. The minimum absolute atomic E-state index is 0.0174. The maximum atomic E-state index is 12.9. The Bertz CT molecular complexity index is 608. The summed E-state index contributed by atoms with van der Waals surface area (Å²) in [6.07, 6.45) is 7.05. The van der Waals surface area contributed by atoms with E-state index in [0.717, 1.165) is 32.1 Å². The van der Waals surface area contributed by atoms with E-state index in [1.807, 2.05) is 0 Å². The number of hydrogen-bond acceptors (Lipinski definition) is 3. The van der Waals surface area contributed by atoms with Gasteiger partial charge in [-0.3, -0.25) is 14.4 Å². The molecule has 0 spiro atoms. The molecule has 0 unspecified atom stereocenters. The van der Waals surface area contributed by atoms with Gasteiger partial charge in [0.25, 0.3) is 0 Å². The third-order valence-corrected chi connectivity index (χ3v) is 8.77. The average Bonchev–Trinajstić information content (AvgIpc) is 2.87. The van der Waals surface area contributed by atoms with Crippen LogP contribution in [0.4, 0.5) is 0 Å². The first kappa shape index (κ1) is 16.5. The van der Waals surface area contributed by atoms with Crippen molar-refractivity contribution in [1.82, 2.24) is 0 Å². The molecule has 0 aliphatic heterocycles. The summed E-state index contributed by atoms with van der Waals surface area (Å²) in [4.78, 5) is 37.0. The van der Waals surface area contributed by atoms with Gasteiger partial charge in [-0.05, 0) is 67.6 Å². The van der Waals surface area contributed by atoms with Gasteiger partial charge < -0.3 is 0 Å². The highest BCUT2D eigenvalue weighted by atomic mass is 16.1. The molecule has 4 aliphatic carbocycles. The Kier molecular flexibility index (Phi) is 3.61. The van der Waals surface area contributed by atoms with Gasteiger partial charge in [-0.25, -0.2) is 0 Å². The van der Waals surface area contributed by atoms with Crippen LogP contribution in [0.15, 0.2) is 0 Å². The van der Waals surface area contributed by atoms with Crippen LogP contribution in [0.1, 0.15) is 72.1 Å². The topological polar surface area (TPSA) is 51.2 Å². The molecule has 0 saturated heterocycles. The summed E-state index contributed by atoms with van der Waals surface area (Å²) in [6, 6.07) is 0. The fourth-order valence-electron chi connectivity index (χ4n) is 7.50. The van der Waals surface area contributed by atoms with Crippen molar-refractivity contribution < 1.29 is 14.4 Å². The Balaban J connectivity index is 1.68. The first-order chi connectivity index (χ1) is 11.3. The molecule has 4 aliphatic rings. The lowest BCUT2D eigenvalue weighted by atomic mass is 9.44. The second-order valence-electron chi connectivity index (χ2n) is 9.63. The summed E-state index contributed by atoms with van der Waals surface area (Å²) in [7, 11) is 0. The highest BCUT2D eigenvalue weighted by Crippen LogP contribution is 2.66. The van der Waals surface area contributed by atoms with Gasteiger partial charge in [0.05, 0.1) is 0 Å². The second kappa shape index (κ2) is 5.25. The van der Waals surface area contributed by atoms with E-state index < -0.39 is 0 Å². The minimum atomic E-state index is -0.0330. The van der Waals surface area contributed by atoms with Crippen molar-refractivity contribution in [3.05, 3.63) is 0 Å². The van der Waals surface area contributed by atoms with E-state index in [4.69, 9.17) is 0 Å². The third-order valence-electron chi connectivity index (χ3n) is 8.77. The number of carbonyl (C=O) groups excluding carboxylic acids is 3. The van der Waals surface area contributed by atoms with Gasteiger partial charge in [0.15, 0.2) is 0 Å². The first-order valence-electron chi connectivity index (χ1n) is 9.82. The summed E-state index contributed by atoms with van der Waals surface area (Å²) in [5.41, 5.74) is 0.116. The number of carbonyl (C=O) groups is 3. The highest BCUT2D eigenvalue weighted by molar-refractivity contribution is 5.91. The Morgan fingerprint density at radius 2 is 1.67 bits per heavy atom. The van der Waals surface area contributed by atoms with Crippen LogP contribution in [0.25, 0.3) is 0 Å². The zero-order valence-electron chi connectivity index (χ0n) is 15.3. The molecular weight excluding hydrogens is 300 g/mol. The average molecular weight is 330 g/mol. The number of hydrogen-bond donors (Lipinski definition) is 0. The molecule has 0 aromatic heterocycles. The lowest BCUT2D eigenvalue weighted by Gasteiger charge is -2.59. The number of ketones is 3. The van der Waals surface area contributed by atoms with Crippen LogP contribution in [0.2, 0.25) is 0 Å². The van der Waals surface area contributed by atoms with E-state index in [-0.39, 0.29) is 28.4 Å². The van der Waals surface area contributed by atoms with E-state index in [2.05, 4.69) is 13.8 Å². The van der Waals surface area contributed by atoms with Gasteiger partial charge in [-0.1, -0.05) is 13.8 Å². The van der Waals surface area contributed by atoms with Crippen LogP contribution in [0, 0.1) is 40.4 Å². The van der Waals surface area contributed by atoms with E-state index in [9.17, 15) is 14.4 Å². The van der Waals surface area contributed by atoms with Crippen molar-refractivity contribution in [1.29, 1.82) is 0 Å². The van der Waals surface area contributed by atoms with E-state index >= 15 is 0 Å². The van der Waals surface area contributed by atoms with E-state index in [1.54, 1.807) is 6.92 Å². The zero-order chi connectivity index (χ0) is 17.3. The molecule has 132 valence electrons. The smallest absolute Gasteiger partial charge is 0.137 e. The van der Waals surface area contributed by atoms with Crippen LogP contribution < -0.4 is 0 Å². The lowest BCUT2D eigenvalue weighted by Crippen LogP contribution is -2.56. The molecule has 3 heteroatoms. The summed E-state index contributed by atoms with van der Waals surface area (Å²) >= 11 is 0. The molecule has 4 rings (SSSR count). The van der Waals surface area contributed by atoms with Gasteiger partial charge in [-0.2, -0.15) is 0 Å². The fraction of sp³-hybridized carbons (Fsp3) is 0.857. The predicted octanol–water partition coefficient (Wildman–Crippen LogP) is 3.98. The summed E-state index contributed by atoms with van der Waals surface area (Å²) < 4.78 is 0. The van der Waals surface area contributed by atoms with Gasteiger partial charge in [0.1, 0.15) is 17.3 Å². The summed E-state index contributed by atoms with van der Waals surface area (Å²) in [5.74, 6) is 2.64. The molecular formula is C21H30O3. The number of rotatable bonds is 1. The van der Waals surface area contributed by atoms with Crippen molar-refractivity contribution in [2.24, 2.45) is 40.4 Å². The Hall–Kier alpha value is -0.990. The quantitative estimate of drug-likeness (QED) is 0.730. The minimum Gasteiger partial charge on any atom is -0.300 e. The molecule has 0 bridgehead atoms. The maximum Gasteiger partial charge on any atom is 0.137 e. The SMILES string of the molecule is CC(=O)[C@@H]1CC[C@@H]2[C@@H]3CC(=O)[C@H]4CC(=O)CC[C@]4(C)[C@H]3CC[C@@]21C. The van der Waals surface area contributed by atoms with E-state index in [1.165, 1.54) is 0 Å². The Morgan fingerprint density at radius 1 is 0.958 bits per heavy atom. The fourth-order valence-corrected chi connectivity index (χ4v) is 7.50. The maximum absolute atomic E-state index is 12.9. The molecule has 0 amide bonds. The van der Waals surface area contributed by atoms with Crippen molar-refractivity contribution in [3.63, 3.8) is 0 Å². The molecule has 3 nitrogen and oxygen atoms in total. The molecule has 4 fully saturated rings. The largest absolute Gasteiger partial charge is 0.300 e. The van der Waals surface area contributed by atoms with Crippen LogP contribution in [0.5, 0.6) is 0 Å². The number of Topliss-reactive ketones (excluding diaryl/α,β-unsaturated/α-hetero) is 3. The lowest BCUT2D eigenvalue weighted by molar-refractivity contribution is -0.159. The standard InChI is InChI=1S/C21H30O3/c1-12(22)15-4-5-16-14-11-19(24)18-10-13(23)6-8-21(18,3)17(14)7-9-20(15,16)2/h14-18H,4-11H2,1-3H3/t14-,15-,16+,17-,18+,20+,21+/m0/s1. The van der Waals surface area contributed by atoms with Gasteiger partial charge in [0.2, 0.25) is 0 Å². The van der Waals surface area contributed by atoms with Crippen LogP contribution >= 0.6 is 0 Å². The van der Waals surface area contributed by atoms with Gasteiger partial charge in [0, 0.05) is 31.1 Å². The Morgan fingerprint density at radius 3 is 2.38 bits per heavy atom. The van der Waals surface area contributed by atoms with Crippen LogP contribution in [-0.2, 0) is 14.4 Å². The molecule has 7 atom stereocenters. The molecule has 4 saturated carbocycles. The highest BCUT2D eigenvalue weighted by Gasteiger charge is 2.62. The van der Waals surface area contributed by atoms with Crippen molar-refractivity contribution in [2.75, 3.05) is 0 Å². The molecule has 0 aromatic carbocycles. The molecule has 0 N–H and O–H groups in total. The normalized spacial score (nSPS) is 50.9. The second-order valence-corrected chi connectivity index (χ2v) is 9.63. The van der Waals surface area contributed by atoms with Gasteiger partial charge in [-0.15, -0.1) is 0 Å². The zero-order valence-corrected chi connectivity index (χ0v) is 15.3. The summed E-state index contributed by atoms with van der Waals surface area (Å²) in [5, 5.41) is 0. The van der Waals surface area contributed by atoms with Crippen LogP contribution in [0.3, 0.4) is 0 Å². The third kappa shape index (κ3) is 2.05. The monoisotopic (exact) mass is 330 g/mol. The number of fused-ring (bicyclic) bond motifs is 5. The van der Waals surface area contributed by atoms with Crippen molar-refractivity contribution in [2.45, 2.75) is 72.1 Å². The van der Waals surface area contributed by atoms with E-state index in [0.29, 0.717) is 48.6 Å². The molecule has 24 heavy (non-hydrogen) atoms. The molecule has 0 radical (unpaired) electrons. The first-order valence-corrected chi connectivity index (χ1v) is 9.82.